The zero-order valence-electron chi connectivity index (χ0n) is 17.4. The Bertz CT molecular complexity index is 1150. The van der Waals surface area contributed by atoms with E-state index in [0.29, 0.717) is 16.7 Å². The van der Waals surface area contributed by atoms with Gasteiger partial charge in [0.25, 0.3) is 5.91 Å². The summed E-state index contributed by atoms with van der Waals surface area (Å²) < 4.78 is 76.4. The molecule has 0 saturated heterocycles. The summed E-state index contributed by atoms with van der Waals surface area (Å²) in [5, 5.41) is 4.89. The number of alkyl halides is 6. The molecule has 0 aliphatic rings. The summed E-state index contributed by atoms with van der Waals surface area (Å²) in [5.74, 6) is -1.12. The Labute approximate surface area is 190 Å². The van der Waals surface area contributed by atoms with Gasteiger partial charge in [-0.05, 0) is 53.1 Å². The van der Waals surface area contributed by atoms with E-state index in [1.54, 1.807) is 0 Å². The molecule has 3 aromatic rings. The van der Waals surface area contributed by atoms with Crippen LogP contribution in [0.15, 0.2) is 72.8 Å². The van der Waals surface area contributed by atoms with Crippen LogP contribution in [-0.2, 0) is 23.7 Å². The maximum absolute atomic E-state index is 12.9. The molecule has 2 N–H and O–H groups in total. The van der Waals surface area contributed by atoms with Gasteiger partial charge in [-0.2, -0.15) is 26.3 Å². The molecule has 0 spiro atoms. The molecule has 2 amide bonds. The van der Waals surface area contributed by atoms with Crippen molar-refractivity contribution in [2.45, 2.75) is 18.9 Å². The summed E-state index contributed by atoms with van der Waals surface area (Å²) in [5.41, 5.74) is -0.103. The second-order valence-electron chi connectivity index (χ2n) is 7.31. The first-order chi connectivity index (χ1) is 15.9. The minimum Gasteiger partial charge on any atom is -0.350 e. The topological polar surface area (TPSA) is 58.2 Å². The molecular weight excluding hydrogens is 462 g/mol. The summed E-state index contributed by atoms with van der Waals surface area (Å²) in [4.78, 5) is 24.2. The fourth-order valence-corrected chi connectivity index (χ4v) is 3.03. The van der Waals surface area contributed by atoms with Crippen LogP contribution < -0.4 is 10.6 Å². The summed E-state index contributed by atoms with van der Waals surface area (Å²) >= 11 is 0. The third-order valence-corrected chi connectivity index (χ3v) is 4.85. The molecule has 0 bridgehead atoms. The lowest BCUT2D eigenvalue weighted by Gasteiger charge is -2.10. The van der Waals surface area contributed by atoms with Crippen LogP contribution in [0.3, 0.4) is 0 Å². The monoisotopic (exact) mass is 480 g/mol. The van der Waals surface area contributed by atoms with Crippen LogP contribution in [-0.4, -0.2) is 18.4 Å². The predicted octanol–water partition coefficient (Wildman–Crippen LogP) is 5.44. The van der Waals surface area contributed by atoms with E-state index in [0.717, 1.165) is 24.3 Å². The van der Waals surface area contributed by atoms with Crippen LogP contribution in [0.2, 0.25) is 0 Å². The van der Waals surface area contributed by atoms with E-state index < -0.39 is 35.3 Å². The van der Waals surface area contributed by atoms with Crippen molar-refractivity contribution in [1.29, 1.82) is 0 Å². The lowest BCUT2D eigenvalue weighted by molar-refractivity contribution is -0.138. The maximum atomic E-state index is 12.9. The van der Waals surface area contributed by atoms with Crippen molar-refractivity contribution in [3.8, 4) is 11.1 Å². The normalized spacial score (nSPS) is 11.7. The van der Waals surface area contributed by atoms with Crippen molar-refractivity contribution in [2.24, 2.45) is 0 Å². The van der Waals surface area contributed by atoms with Gasteiger partial charge >= 0.3 is 12.4 Å². The first-order valence-corrected chi connectivity index (χ1v) is 9.92. The van der Waals surface area contributed by atoms with Crippen LogP contribution in [0.1, 0.15) is 27.0 Å². The second kappa shape index (κ2) is 9.98. The van der Waals surface area contributed by atoms with Crippen molar-refractivity contribution in [3.63, 3.8) is 0 Å². The molecule has 0 aromatic heterocycles. The van der Waals surface area contributed by atoms with E-state index in [1.807, 2.05) is 0 Å². The molecular formula is C24H18F6N2O2. The molecule has 4 nitrogen and oxygen atoms in total. The Kier molecular flexibility index (Phi) is 7.29. The third kappa shape index (κ3) is 6.60. The van der Waals surface area contributed by atoms with Gasteiger partial charge in [0.15, 0.2) is 0 Å². The van der Waals surface area contributed by atoms with Crippen molar-refractivity contribution < 1.29 is 35.9 Å². The summed E-state index contributed by atoms with van der Waals surface area (Å²) in [6.07, 6.45) is -8.92. The van der Waals surface area contributed by atoms with Crippen LogP contribution in [0.25, 0.3) is 11.1 Å². The lowest BCUT2D eigenvalue weighted by Crippen LogP contribution is -2.36. The number of halogens is 6. The van der Waals surface area contributed by atoms with Crippen LogP contribution in [0.5, 0.6) is 0 Å². The first kappa shape index (κ1) is 24.8. The maximum Gasteiger partial charge on any atom is 0.416 e. The molecule has 34 heavy (non-hydrogen) atoms. The van der Waals surface area contributed by atoms with Gasteiger partial charge in [-0.1, -0.05) is 36.4 Å². The van der Waals surface area contributed by atoms with Crippen molar-refractivity contribution in [3.05, 3.63) is 95.1 Å². The Morgan fingerprint density at radius 1 is 0.676 bits per heavy atom. The highest BCUT2D eigenvalue weighted by molar-refractivity contribution is 5.96. The molecule has 0 aliphatic heterocycles. The van der Waals surface area contributed by atoms with E-state index in [-0.39, 0.29) is 18.7 Å². The van der Waals surface area contributed by atoms with Gasteiger partial charge in [0, 0.05) is 12.1 Å². The van der Waals surface area contributed by atoms with Crippen molar-refractivity contribution >= 4 is 11.8 Å². The zero-order chi connectivity index (χ0) is 24.9. The number of hydrogen-bond donors (Lipinski definition) is 2. The number of carbonyl (C=O) groups is 2. The molecule has 3 rings (SSSR count). The van der Waals surface area contributed by atoms with Crippen LogP contribution >= 0.6 is 0 Å². The van der Waals surface area contributed by atoms with E-state index in [4.69, 9.17) is 0 Å². The fraction of sp³-hybridized carbons (Fsp3) is 0.167. The smallest absolute Gasteiger partial charge is 0.350 e. The summed E-state index contributed by atoms with van der Waals surface area (Å²) in [6, 6.07) is 14.9. The minimum atomic E-state index is -4.47. The van der Waals surface area contributed by atoms with Crippen molar-refractivity contribution in [2.75, 3.05) is 6.54 Å². The molecule has 0 fully saturated rings. The van der Waals surface area contributed by atoms with Gasteiger partial charge in [-0.15, -0.1) is 0 Å². The molecule has 0 heterocycles. The molecule has 0 aliphatic carbocycles. The largest absolute Gasteiger partial charge is 0.416 e. The number of benzene rings is 3. The van der Waals surface area contributed by atoms with Gasteiger partial charge in [-0.3, -0.25) is 9.59 Å². The molecule has 0 unspecified atom stereocenters. The van der Waals surface area contributed by atoms with Gasteiger partial charge < -0.3 is 10.6 Å². The number of carbonyl (C=O) groups excluding carboxylic acids is 2. The first-order valence-electron chi connectivity index (χ1n) is 9.92. The Morgan fingerprint density at radius 3 is 1.88 bits per heavy atom. The van der Waals surface area contributed by atoms with Crippen LogP contribution in [0, 0.1) is 0 Å². The number of rotatable bonds is 6. The van der Waals surface area contributed by atoms with Gasteiger partial charge in [0.2, 0.25) is 5.91 Å². The Hall–Kier alpha value is -3.82. The second-order valence-corrected chi connectivity index (χ2v) is 7.31. The SMILES string of the molecule is O=C(CNC(=O)c1ccc(-c2cccc(C(F)(F)F)c2)cc1)NCc1ccc(C(F)(F)F)cc1. The highest BCUT2D eigenvalue weighted by atomic mass is 19.4. The average Bonchev–Trinajstić information content (AvgIpc) is 2.80. The van der Waals surface area contributed by atoms with E-state index in [9.17, 15) is 35.9 Å². The molecule has 0 saturated carbocycles. The molecule has 10 heteroatoms. The molecule has 3 aromatic carbocycles. The number of hydrogen-bond acceptors (Lipinski definition) is 2. The van der Waals surface area contributed by atoms with E-state index in [2.05, 4.69) is 10.6 Å². The average molecular weight is 480 g/mol. The zero-order valence-corrected chi connectivity index (χ0v) is 17.4. The van der Waals surface area contributed by atoms with Gasteiger partial charge in [0.05, 0.1) is 17.7 Å². The van der Waals surface area contributed by atoms with Gasteiger partial charge in [0.1, 0.15) is 0 Å². The Balaban J connectivity index is 1.51. The standard InChI is InChI=1S/C24H18F6N2O2/c25-23(26,27)19-10-4-15(5-11-19)13-31-21(33)14-32-22(34)17-8-6-16(7-9-17)18-2-1-3-20(12-18)24(28,29)30/h1-12H,13-14H2,(H,31,33)(H,32,34). The minimum absolute atomic E-state index is 0.0153. The van der Waals surface area contributed by atoms with Crippen LogP contribution in [0.4, 0.5) is 26.3 Å². The summed E-state index contributed by atoms with van der Waals surface area (Å²) in [6.45, 7) is -0.382. The summed E-state index contributed by atoms with van der Waals surface area (Å²) in [7, 11) is 0. The quantitative estimate of drug-likeness (QED) is 0.462. The number of nitrogens with one attached hydrogen (secondary N) is 2. The molecule has 0 radical (unpaired) electrons. The van der Waals surface area contributed by atoms with E-state index in [1.165, 1.54) is 48.5 Å². The number of amides is 2. The lowest BCUT2D eigenvalue weighted by atomic mass is 10.0. The molecule has 0 atom stereocenters. The highest BCUT2D eigenvalue weighted by Gasteiger charge is 2.31. The predicted molar refractivity (Wildman–Crippen MR) is 113 cm³/mol. The highest BCUT2D eigenvalue weighted by Crippen LogP contribution is 2.32. The third-order valence-electron chi connectivity index (χ3n) is 4.85. The fourth-order valence-electron chi connectivity index (χ4n) is 3.03. The van der Waals surface area contributed by atoms with Crippen molar-refractivity contribution in [1.82, 2.24) is 10.6 Å². The molecule has 178 valence electrons. The Morgan fingerprint density at radius 2 is 1.29 bits per heavy atom. The van der Waals surface area contributed by atoms with Gasteiger partial charge in [-0.25, -0.2) is 0 Å². The van der Waals surface area contributed by atoms with E-state index >= 15 is 0 Å².